The Kier molecular flexibility index (Phi) is 8.09. The van der Waals surface area contributed by atoms with Gasteiger partial charge in [-0.05, 0) is 86.0 Å². The number of rotatable bonds is 7. The summed E-state index contributed by atoms with van der Waals surface area (Å²) in [7, 11) is 3.13. The van der Waals surface area contributed by atoms with Crippen LogP contribution in [-0.2, 0) is 23.9 Å². The van der Waals surface area contributed by atoms with Crippen LogP contribution in [0.1, 0.15) is 106 Å². The normalized spacial score (nSPS) is 39.5. The highest BCUT2D eigenvalue weighted by molar-refractivity contribution is 6.05. The number of hydrogen-bond acceptors (Lipinski definition) is 6. The Hall–Kier alpha value is -2.26. The third-order valence-electron chi connectivity index (χ3n) is 13.0. The number of fused-ring (bicyclic) bond motifs is 3. The van der Waals surface area contributed by atoms with Crippen LogP contribution in [-0.4, -0.2) is 38.4 Å². The summed E-state index contributed by atoms with van der Waals surface area (Å²) in [5, 5.41) is 10.0. The molecule has 2 fully saturated rings. The van der Waals surface area contributed by atoms with Gasteiger partial charge in [-0.1, -0.05) is 60.1 Å². The minimum atomic E-state index is -0.751. The van der Waals surface area contributed by atoms with Crippen molar-refractivity contribution in [2.45, 2.75) is 106 Å². The molecule has 6 atom stereocenters. The lowest BCUT2D eigenvalue weighted by Gasteiger charge is -2.64. The van der Waals surface area contributed by atoms with Crippen LogP contribution in [0.15, 0.2) is 23.3 Å². The standard InChI is InChI=1S/C35H51NO5/c1-23-25(37)20-27-32(5)21-24(22-36)28(38)31(4,18-19-40-8)26(32)10-11-34(27,7)33(23,6)14-17-35(29(39)41-9)15-12-30(2,3)13-16-35/h20-21,23,26H,10-19H2,1-9H3/t23?,26?,31-,32-,33+,34+/m0/s1. The zero-order valence-electron chi connectivity index (χ0n) is 26.9. The molecule has 0 amide bonds. The molecule has 41 heavy (non-hydrogen) atoms. The Morgan fingerprint density at radius 1 is 0.976 bits per heavy atom. The number of hydrogen-bond donors (Lipinski definition) is 0. The summed E-state index contributed by atoms with van der Waals surface area (Å²) in [4.78, 5) is 40.8. The van der Waals surface area contributed by atoms with Crippen LogP contribution in [0.2, 0.25) is 0 Å². The first-order valence-corrected chi connectivity index (χ1v) is 15.5. The van der Waals surface area contributed by atoms with E-state index in [1.165, 1.54) is 7.11 Å². The average molecular weight is 566 g/mol. The Labute approximate surface area is 247 Å². The molecule has 0 spiro atoms. The van der Waals surface area contributed by atoms with E-state index in [-0.39, 0.29) is 45.8 Å². The SMILES string of the molecule is COCC[C@]1(C)C(=O)C(C#N)=C[C@]2(C)C3=CC(=O)C(C)[C@@](C)(CCC4(C(=O)OC)CCC(C)(C)CC4)[C@]3(C)CCC21. The largest absolute Gasteiger partial charge is 0.469 e. The van der Waals surface area contributed by atoms with Gasteiger partial charge in [-0.3, -0.25) is 14.4 Å². The minimum absolute atomic E-state index is 0.0403. The molecular formula is C35H51NO5. The van der Waals surface area contributed by atoms with Gasteiger partial charge in [-0.2, -0.15) is 5.26 Å². The molecule has 2 unspecified atom stereocenters. The number of Topliss-reactive ketones (excluding diaryl/α,β-unsaturated/α-hetero) is 1. The Morgan fingerprint density at radius 3 is 2.17 bits per heavy atom. The topological polar surface area (TPSA) is 93.5 Å². The number of esters is 1. The average Bonchev–Trinajstić information content (AvgIpc) is 2.93. The molecule has 4 aliphatic carbocycles. The van der Waals surface area contributed by atoms with E-state index in [1.807, 2.05) is 26.0 Å². The first-order chi connectivity index (χ1) is 19.0. The van der Waals surface area contributed by atoms with Crippen LogP contribution in [0.5, 0.6) is 0 Å². The summed E-state index contributed by atoms with van der Waals surface area (Å²) < 4.78 is 10.8. The van der Waals surface area contributed by atoms with Crippen LogP contribution in [0.4, 0.5) is 0 Å². The first kappa shape index (κ1) is 31.7. The molecule has 0 aromatic carbocycles. The molecule has 0 aromatic rings. The number of nitrogens with zero attached hydrogens (tertiary/aromatic N) is 1. The molecule has 6 nitrogen and oxygen atoms in total. The Bertz CT molecular complexity index is 1210. The molecule has 0 saturated heterocycles. The summed E-state index contributed by atoms with van der Waals surface area (Å²) in [5.41, 5.74) is -1.18. The highest BCUT2D eigenvalue weighted by Crippen LogP contribution is 2.70. The number of nitriles is 1. The van der Waals surface area contributed by atoms with Crippen LogP contribution in [0.25, 0.3) is 0 Å². The molecule has 0 aromatic heterocycles. The van der Waals surface area contributed by atoms with E-state index in [2.05, 4.69) is 40.7 Å². The maximum Gasteiger partial charge on any atom is 0.311 e. The molecule has 4 rings (SSSR count). The zero-order valence-corrected chi connectivity index (χ0v) is 26.9. The predicted molar refractivity (Wildman–Crippen MR) is 159 cm³/mol. The third-order valence-corrected chi connectivity index (χ3v) is 13.0. The van der Waals surface area contributed by atoms with Crippen molar-refractivity contribution in [3.63, 3.8) is 0 Å². The molecule has 6 heteroatoms. The number of ketones is 2. The summed E-state index contributed by atoms with van der Waals surface area (Å²) >= 11 is 0. The lowest BCUT2D eigenvalue weighted by molar-refractivity contribution is -0.158. The zero-order chi connectivity index (χ0) is 30.6. The summed E-state index contributed by atoms with van der Waals surface area (Å²) in [6, 6.07) is 2.20. The maximum atomic E-state index is 13.8. The molecule has 0 heterocycles. The molecular weight excluding hydrogens is 514 g/mol. The van der Waals surface area contributed by atoms with Gasteiger partial charge in [0.25, 0.3) is 0 Å². The molecule has 0 bridgehead atoms. The number of methoxy groups -OCH3 is 2. The second-order valence-electron chi connectivity index (χ2n) is 15.4. The number of carbonyl (C=O) groups is 3. The van der Waals surface area contributed by atoms with E-state index in [1.54, 1.807) is 7.11 Å². The number of ether oxygens (including phenoxy) is 2. The molecule has 0 radical (unpaired) electrons. The third kappa shape index (κ3) is 4.66. The molecule has 0 aliphatic heterocycles. The van der Waals surface area contributed by atoms with Crippen LogP contribution >= 0.6 is 0 Å². The van der Waals surface area contributed by atoms with Crippen molar-refractivity contribution in [3.8, 4) is 6.07 Å². The molecule has 2 saturated carbocycles. The van der Waals surface area contributed by atoms with E-state index in [9.17, 15) is 19.6 Å². The van der Waals surface area contributed by atoms with Crippen molar-refractivity contribution < 1.29 is 23.9 Å². The highest BCUT2D eigenvalue weighted by Gasteiger charge is 2.65. The summed E-state index contributed by atoms with van der Waals surface area (Å²) in [6.45, 7) is 15.7. The summed E-state index contributed by atoms with van der Waals surface area (Å²) in [6.07, 6.45) is 10.9. The lowest BCUT2D eigenvalue weighted by atomic mass is 9.38. The quantitative estimate of drug-likeness (QED) is 0.304. The monoisotopic (exact) mass is 565 g/mol. The summed E-state index contributed by atoms with van der Waals surface area (Å²) in [5.74, 6) is -0.384. The van der Waals surface area contributed by atoms with Crippen molar-refractivity contribution >= 4 is 17.5 Å². The van der Waals surface area contributed by atoms with Gasteiger partial charge < -0.3 is 9.47 Å². The lowest BCUT2D eigenvalue weighted by Crippen LogP contribution is -2.60. The molecule has 226 valence electrons. The second-order valence-corrected chi connectivity index (χ2v) is 15.4. The first-order valence-electron chi connectivity index (χ1n) is 15.5. The van der Waals surface area contributed by atoms with Crippen molar-refractivity contribution in [2.24, 2.45) is 44.3 Å². The molecule has 4 aliphatic rings. The second kappa shape index (κ2) is 10.5. The van der Waals surface area contributed by atoms with Gasteiger partial charge >= 0.3 is 5.97 Å². The number of allylic oxidation sites excluding steroid dienone is 4. The van der Waals surface area contributed by atoms with Crippen LogP contribution < -0.4 is 0 Å². The predicted octanol–water partition coefficient (Wildman–Crippen LogP) is 7.18. The van der Waals surface area contributed by atoms with E-state index >= 15 is 0 Å². The van der Waals surface area contributed by atoms with Crippen molar-refractivity contribution in [1.82, 2.24) is 0 Å². The molecule has 0 N–H and O–H groups in total. The Morgan fingerprint density at radius 2 is 1.61 bits per heavy atom. The van der Waals surface area contributed by atoms with Crippen LogP contribution in [0, 0.1) is 55.7 Å². The van der Waals surface area contributed by atoms with Gasteiger partial charge in [-0.15, -0.1) is 0 Å². The van der Waals surface area contributed by atoms with Gasteiger partial charge in [0.15, 0.2) is 11.6 Å². The van der Waals surface area contributed by atoms with Gasteiger partial charge in [0.2, 0.25) is 0 Å². The number of carbonyl (C=O) groups excluding carboxylic acids is 3. The van der Waals surface area contributed by atoms with E-state index in [0.717, 1.165) is 50.5 Å². The van der Waals surface area contributed by atoms with Gasteiger partial charge in [0, 0.05) is 30.5 Å². The van der Waals surface area contributed by atoms with Crippen molar-refractivity contribution in [1.29, 1.82) is 5.26 Å². The minimum Gasteiger partial charge on any atom is -0.469 e. The van der Waals surface area contributed by atoms with E-state index in [4.69, 9.17) is 9.47 Å². The van der Waals surface area contributed by atoms with Crippen molar-refractivity contribution in [3.05, 3.63) is 23.3 Å². The fourth-order valence-electron chi connectivity index (χ4n) is 9.46. The van der Waals surface area contributed by atoms with Gasteiger partial charge in [-0.25, -0.2) is 0 Å². The van der Waals surface area contributed by atoms with Gasteiger partial charge in [0.1, 0.15) is 6.07 Å². The fraction of sp³-hybridized carbons (Fsp3) is 0.771. The fourth-order valence-corrected chi connectivity index (χ4v) is 9.46. The smallest absolute Gasteiger partial charge is 0.311 e. The van der Waals surface area contributed by atoms with E-state index < -0.39 is 21.7 Å². The Balaban J connectivity index is 1.78. The highest BCUT2D eigenvalue weighted by atomic mass is 16.5. The van der Waals surface area contributed by atoms with E-state index in [0.29, 0.717) is 19.4 Å². The van der Waals surface area contributed by atoms with Gasteiger partial charge in [0.05, 0.1) is 18.1 Å². The van der Waals surface area contributed by atoms with Crippen molar-refractivity contribution in [2.75, 3.05) is 20.8 Å². The van der Waals surface area contributed by atoms with Crippen LogP contribution in [0.3, 0.4) is 0 Å². The maximum absolute atomic E-state index is 13.8.